The standard InChI is InChI=1S/C16H26N2O2S/c1-4-17-15-10-12(2)16(13(3)11-15)21(19,20)18-14-8-6-5-7-9-14/h10-11,14,17-18H,4-9H2,1-3H3. The first kappa shape index (κ1) is 16.3. The van der Waals surface area contributed by atoms with Crippen LogP contribution in [-0.4, -0.2) is 21.0 Å². The van der Waals surface area contributed by atoms with Crippen molar-refractivity contribution in [1.29, 1.82) is 0 Å². The van der Waals surface area contributed by atoms with Crippen LogP contribution in [-0.2, 0) is 10.0 Å². The Hall–Kier alpha value is -1.07. The second-order valence-corrected chi connectivity index (χ2v) is 7.58. The van der Waals surface area contributed by atoms with E-state index in [1.165, 1.54) is 6.42 Å². The van der Waals surface area contributed by atoms with Crippen molar-refractivity contribution in [3.05, 3.63) is 23.3 Å². The lowest BCUT2D eigenvalue weighted by Crippen LogP contribution is -2.36. The topological polar surface area (TPSA) is 58.2 Å². The molecule has 1 saturated carbocycles. The van der Waals surface area contributed by atoms with Crippen molar-refractivity contribution in [2.75, 3.05) is 11.9 Å². The van der Waals surface area contributed by atoms with Crippen molar-refractivity contribution >= 4 is 15.7 Å². The van der Waals surface area contributed by atoms with E-state index in [-0.39, 0.29) is 6.04 Å². The fourth-order valence-corrected chi connectivity index (χ4v) is 4.94. The van der Waals surface area contributed by atoms with E-state index in [4.69, 9.17) is 0 Å². The second kappa shape index (κ2) is 6.79. The molecule has 2 N–H and O–H groups in total. The van der Waals surface area contributed by atoms with E-state index in [9.17, 15) is 8.42 Å². The van der Waals surface area contributed by atoms with E-state index < -0.39 is 10.0 Å². The Labute approximate surface area is 128 Å². The molecule has 0 atom stereocenters. The first-order valence-corrected chi connectivity index (χ1v) is 9.30. The monoisotopic (exact) mass is 310 g/mol. The number of benzene rings is 1. The summed E-state index contributed by atoms with van der Waals surface area (Å²) in [6, 6.07) is 3.91. The van der Waals surface area contributed by atoms with Gasteiger partial charge in [0.05, 0.1) is 4.90 Å². The van der Waals surface area contributed by atoms with E-state index in [1.807, 2.05) is 32.9 Å². The smallest absolute Gasteiger partial charge is 0.241 e. The molecular weight excluding hydrogens is 284 g/mol. The van der Waals surface area contributed by atoms with Crippen molar-refractivity contribution in [2.45, 2.75) is 63.8 Å². The highest BCUT2D eigenvalue weighted by Crippen LogP contribution is 2.26. The lowest BCUT2D eigenvalue weighted by molar-refractivity contribution is 0.412. The first-order valence-electron chi connectivity index (χ1n) is 7.81. The zero-order valence-electron chi connectivity index (χ0n) is 13.2. The van der Waals surface area contributed by atoms with E-state index in [0.717, 1.165) is 49.0 Å². The Bertz CT molecular complexity index is 567. The van der Waals surface area contributed by atoms with Gasteiger partial charge in [0.1, 0.15) is 0 Å². The molecule has 0 amide bonds. The van der Waals surface area contributed by atoms with Gasteiger partial charge in [-0.3, -0.25) is 0 Å². The summed E-state index contributed by atoms with van der Waals surface area (Å²) in [6.07, 6.45) is 5.35. The molecule has 2 rings (SSSR count). The number of rotatable bonds is 5. The number of sulfonamides is 1. The third kappa shape index (κ3) is 3.98. The van der Waals surface area contributed by atoms with Crippen LogP contribution in [0, 0.1) is 13.8 Å². The maximum Gasteiger partial charge on any atom is 0.241 e. The third-order valence-electron chi connectivity index (χ3n) is 4.04. The number of aryl methyl sites for hydroxylation is 2. The Morgan fingerprint density at radius 1 is 1.10 bits per heavy atom. The van der Waals surface area contributed by atoms with Crippen LogP contribution in [0.3, 0.4) is 0 Å². The van der Waals surface area contributed by atoms with E-state index >= 15 is 0 Å². The van der Waals surface area contributed by atoms with Gasteiger partial charge in [-0.1, -0.05) is 19.3 Å². The van der Waals surface area contributed by atoms with E-state index in [0.29, 0.717) is 4.90 Å². The summed E-state index contributed by atoms with van der Waals surface area (Å²) < 4.78 is 28.3. The normalized spacial score (nSPS) is 16.9. The molecule has 118 valence electrons. The van der Waals surface area contributed by atoms with E-state index in [1.54, 1.807) is 0 Å². The fraction of sp³-hybridized carbons (Fsp3) is 0.625. The van der Waals surface area contributed by atoms with Gasteiger partial charge in [0.25, 0.3) is 0 Å². The van der Waals surface area contributed by atoms with Gasteiger partial charge in [-0.05, 0) is 56.9 Å². The largest absolute Gasteiger partial charge is 0.385 e. The summed E-state index contributed by atoms with van der Waals surface area (Å²) in [6.45, 7) is 6.58. The van der Waals surface area contributed by atoms with Crippen molar-refractivity contribution in [3.8, 4) is 0 Å². The molecule has 1 fully saturated rings. The van der Waals surface area contributed by atoms with Crippen LogP contribution in [0.2, 0.25) is 0 Å². The van der Waals surface area contributed by atoms with Crippen molar-refractivity contribution < 1.29 is 8.42 Å². The molecule has 0 spiro atoms. The molecule has 0 saturated heterocycles. The SMILES string of the molecule is CCNc1cc(C)c(S(=O)(=O)NC2CCCCC2)c(C)c1. The molecular formula is C16H26N2O2S. The summed E-state index contributed by atoms with van der Waals surface area (Å²) in [5.41, 5.74) is 2.58. The van der Waals surface area contributed by atoms with Crippen molar-refractivity contribution in [3.63, 3.8) is 0 Å². The molecule has 5 heteroatoms. The molecule has 0 aromatic heterocycles. The Balaban J connectivity index is 2.26. The van der Waals surface area contributed by atoms with E-state index in [2.05, 4.69) is 10.0 Å². The van der Waals surface area contributed by atoms with Crippen LogP contribution in [0.5, 0.6) is 0 Å². The molecule has 21 heavy (non-hydrogen) atoms. The van der Waals surface area contributed by atoms with Crippen molar-refractivity contribution in [1.82, 2.24) is 4.72 Å². The van der Waals surface area contributed by atoms with Crippen LogP contribution in [0.1, 0.15) is 50.2 Å². The molecule has 4 nitrogen and oxygen atoms in total. The van der Waals surface area contributed by atoms with Gasteiger partial charge in [0, 0.05) is 18.3 Å². The number of hydrogen-bond acceptors (Lipinski definition) is 3. The molecule has 1 aromatic carbocycles. The molecule has 0 heterocycles. The lowest BCUT2D eigenvalue weighted by Gasteiger charge is -2.24. The highest BCUT2D eigenvalue weighted by molar-refractivity contribution is 7.89. The predicted molar refractivity (Wildman–Crippen MR) is 87.3 cm³/mol. The first-order chi connectivity index (χ1) is 9.94. The molecule has 1 aliphatic carbocycles. The number of hydrogen-bond donors (Lipinski definition) is 2. The summed E-state index contributed by atoms with van der Waals surface area (Å²) >= 11 is 0. The van der Waals surface area contributed by atoms with Gasteiger partial charge < -0.3 is 5.32 Å². The quantitative estimate of drug-likeness (QED) is 0.877. The minimum Gasteiger partial charge on any atom is -0.385 e. The molecule has 1 aliphatic rings. The maximum absolute atomic E-state index is 12.7. The minimum absolute atomic E-state index is 0.0935. The minimum atomic E-state index is -3.43. The fourth-order valence-electron chi connectivity index (χ4n) is 3.18. The van der Waals surface area contributed by atoms with Crippen LogP contribution < -0.4 is 10.0 Å². The average Bonchev–Trinajstić information content (AvgIpc) is 2.38. The summed E-state index contributed by atoms with van der Waals surface area (Å²) in [5.74, 6) is 0. The summed E-state index contributed by atoms with van der Waals surface area (Å²) in [5, 5.41) is 3.23. The molecule has 0 radical (unpaired) electrons. The molecule has 1 aromatic rings. The van der Waals surface area contributed by atoms with Crippen LogP contribution >= 0.6 is 0 Å². The third-order valence-corrected chi connectivity index (χ3v) is 5.86. The van der Waals surface area contributed by atoms with Gasteiger partial charge in [0.15, 0.2) is 0 Å². The molecule has 0 unspecified atom stereocenters. The van der Waals surface area contributed by atoms with Gasteiger partial charge in [0.2, 0.25) is 10.0 Å². The van der Waals surface area contributed by atoms with Gasteiger partial charge >= 0.3 is 0 Å². The zero-order valence-corrected chi connectivity index (χ0v) is 14.0. The summed E-state index contributed by atoms with van der Waals surface area (Å²) in [4.78, 5) is 0.440. The van der Waals surface area contributed by atoms with Gasteiger partial charge in [-0.15, -0.1) is 0 Å². The van der Waals surface area contributed by atoms with Gasteiger partial charge in [-0.25, -0.2) is 13.1 Å². The Morgan fingerprint density at radius 3 is 2.19 bits per heavy atom. The predicted octanol–water partition coefficient (Wildman–Crippen LogP) is 3.35. The summed E-state index contributed by atoms with van der Waals surface area (Å²) in [7, 11) is -3.43. The zero-order chi connectivity index (χ0) is 15.5. The van der Waals surface area contributed by atoms with Crippen LogP contribution in [0.25, 0.3) is 0 Å². The molecule has 0 bridgehead atoms. The molecule has 0 aliphatic heterocycles. The van der Waals surface area contributed by atoms with Crippen molar-refractivity contribution in [2.24, 2.45) is 0 Å². The van der Waals surface area contributed by atoms with Crippen LogP contribution in [0.4, 0.5) is 5.69 Å². The number of nitrogens with one attached hydrogen (secondary N) is 2. The Morgan fingerprint density at radius 2 is 1.67 bits per heavy atom. The number of anilines is 1. The maximum atomic E-state index is 12.7. The van der Waals surface area contributed by atoms with Crippen LogP contribution in [0.15, 0.2) is 17.0 Å². The lowest BCUT2D eigenvalue weighted by atomic mass is 9.96. The average molecular weight is 310 g/mol. The Kier molecular flexibility index (Phi) is 5.27. The van der Waals surface area contributed by atoms with Gasteiger partial charge in [-0.2, -0.15) is 0 Å². The highest BCUT2D eigenvalue weighted by atomic mass is 32.2. The highest BCUT2D eigenvalue weighted by Gasteiger charge is 2.25. The second-order valence-electron chi connectivity index (χ2n) is 5.93.